The van der Waals surface area contributed by atoms with Crippen LogP contribution < -0.4 is 0 Å². The van der Waals surface area contributed by atoms with Crippen LogP contribution in [0.2, 0.25) is 0 Å². The van der Waals surface area contributed by atoms with Gasteiger partial charge in [0, 0.05) is 34.7 Å². The third kappa shape index (κ3) is 3.65. The summed E-state index contributed by atoms with van der Waals surface area (Å²) in [6.45, 7) is 6.79. The number of rotatable bonds is 3. The summed E-state index contributed by atoms with van der Waals surface area (Å²) in [5, 5.41) is 3.64. The number of carbonyl (C=O) groups excluding carboxylic acids is 1. The fourth-order valence-corrected chi connectivity index (χ4v) is 5.95. The molecule has 3 aromatic carbocycles. The highest BCUT2D eigenvalue weighted by Crippen LogP contribution is 2.38. The average Bonchev–Trinajstić information content (AvgIpc) is 3.25. The van der Waals surface area contributed by atoms with E-state index in [-0.39, 0.29) is 11.4 Å². The van der Waals surface area contributed by atoms with Gasteiger partial charge in [-0.15, -0.1) is 0 Å². The Morgan fingerprint density at radius 1 is 0.938 bits per heavy atom. The van der Waals surface area contributed by atoms with E-state index in [1.165, 1.54) is 28.1 Å². The van der Waals surface area contributed by atoms with Crippen molar-refractivity contribution >= 4 is 62.0 Å². The van der Waals surface area contributed by atoms with Crippen molar-refractivity contribution < 1.29 is 4.79 Å². The first kappa shape index (κ1) is 21.0. The molecule has 5 heteroatoms. The first-order chi connectivity index (χ1) is 15.3. The van der Waals surface area contributed by atoms with Gasteiger partial charge in [0.25, 0.3) is 5.91 Å². The molecule has 0 unspecified atom stereocenters. The van der Waals surface area contributed by atoms with Crippen LogP contribution in [0.15, 0.2) is 77.8 Å². The number of thiocarbonyl (C=S) groups is 1. The molecule has 32 heavy (non-hydrogen) atoms. The largest absolute Gasteiger partial charge is 0.342 e. The summed E-state index contributed by atoms with van der Waals surface area (Å²) >= 11 is 6.90. The molecule has 0 aliphatic carbocycles. The molecule has 1 aliphatic heterocycles. The number of nitrogens with zero attached hydrogens (tertiary/aromatic N) is 2. The van der Waals surface area contributed by atoms with Gasteiger partial charge in [-0.05, 0) is 49.2 Å². The molecule has 0 radical (unpaired) electrons. The van der Waals surface area contributed by atoms with Crippen molar-refractivity contribution in [1.29, 1.82) is 0 Å². The lowest BCUT2D eigenvalue weighted by Crippen LogP contribution is -2.44. The Bertz CT molecular complexity index is 1400. The fourth-order valence-electron chi connectivity index (χ4n) is 4.32. The number of aromatic nitrogens is 1. The zero-order chi connectivity index (χ0) is 22.5. The molecule has 0 N–H and O–H groups in total. The Labute approximate surface area is 197 Å². The topological polar surface area (TPSA) is 25.2 Å². The Morgan fingerprint density at radius 2 is 1.62 bits per heavy atom. The standard InChI is InChI=1S/C27H24N2OS2/c1-27(2,3)29-25(30)24(32-26(29)31)15-20-17-28(23-14-7-6-13-22(20)23)16-19-11-8-10-18-9-4-5-12-21(18)19/h4-15,17H,16H2,1-3H3/b24-15+. The van der Waals surface area contributed by atoms with Crippen LogP contribution in [0.5, 0.6) is 0 Å². The first-order valence-electron chi connectivity index (χ1n) is 10.7. The van der Waals surface area contributed by atoms with Crippen LogP contribution in [-0.4, -0.2) is 25.2 Å². The molecule has 2 heterocycles. The lowest BCUT2D eigenvalue weighted by Gasteiger charge is -2.30. The predicted molar refractivity (Wildman–Crippen MR) is 140 cm³/mol. The Balaban J connectivity index is 1.58. The summed E-state index contributed by atoms with van der Waals surface area (Å²) in [5.74, 6) is -0.0154. The van der Waals surface area contributed by atoms with Gasteiger partial charge in [0.2, 0.25) is 0 Å². The molecule has 5 rings (SSSR count). The Hall–Kier alpha value is -2.89. The quantitative estimate of drug-likeness (QED) is 0.249. The van der Waals surface area contributed by atoms with Crippen LogP contribution in [0.25, 0.3) is 27.8 Å². The minimum Gasteiger partial charge on any atom is -0.342 e. The molecular weight excluding hydrogens is 432 g/mol. The highest BCUT2D eigenvalue weighted by Gasteiger charge is 2.39. The number of amides is 1. The second kappa shape index (κ2) is 7.91. The third-order valence-electron chi connectivity index (χ3n) is 5.79. The number of hydrogen-bond donors (Lipinski definition) is 0. The number of fused-ring (bicyclic) bond motifs is 2. The number of carbonyl (C=O) groups is 1. The van der Waals surface area contributed by atoms with Crippen molar-refractivity contribution in [2.75, 3.05) is 0 Å². The van der Waals surface area contributed by atoms with Gasteiger partial charge in [-0.25, -0.2) is 0 Å². The minimum absolute atomic E-state index is 0.0154. The van der Waals surface area contributed by atoms with Crippen LogP contribution in [-0.2, 0) is 11.3 Å². The molecule has 3 nitrogen and oxygen atoms in total. The smallest absolute Gasteiger partial charge is 0.266 e. The monoisotopic (exact) mass is 456 g/mol. The van der Waals surface area contributed by atoms with Gasteiger partial charge in [-0.1, -0.05) is 84.6 Å². The van der Waals surface area contributed by atoms with Crippen LogP contribution in [0, 0.1) is 0 Å². The predicted octanol–water partition coefficient (Wildman–Crippen LogP) is 6.84. The van der Waals surface area contributed by atoms with Gasteiger partial charge < -0.3 is 4.57 Å². The minimum atomic E-state index is -0.334. The number of thioether (sulfide) groups is 1. The van der Waals surface area contributed by atoms with Crippen LogP contribution >= 0.6 is 24.0 Å². The highest BCUT2D eigenvalue weighted by molar-refractivity contribution is 8.26. The van der Waals surface area contributed by atoms with Crippen molar-refractivity contribution in [3.63, 3.8) is 0 Å². The van der Waals surface area contributed by atoms with Crippen LogP contribution in [0.3, 0.4) is 0 Å². The van der Waals surface area contributed by atoms with Crippen molar-refractivity contribution in [1.82, 2.24) is 9.47 Å². The Morgan fingerprint density at radius 3 is 2.38 bits per heavy atom. The van der Waals surface area contributed by atoms with Gasteiger partial charge in [0.1, 0.15) is 4.32 Å². The van der Waals surface area contributed by atoms with E-state index < -0.39 is 0 Å². The van der Waals surface area contributed by atoms with E-state index in [2.05, 4.69) is 71.4 Å². The molecule has 0 bridgehead atoms. The zero-order valence-electron chi connectivity index (χ0n) is 18.3. The third-order valence-corrected chi connectivity index (χ3v) is 7.09. The Kier molecular flexibility index (Phi) is 5.19. The molecule has 1 fully saturated rings. The molecule has 0 atom stereocenters. The van der Waals surface area contributed by atoms with Gasteiger partial charge in [-0.2, -0.15) is 0 Å². The lowest BCUT2D eigenvalue weighted by molar-refractivity contribution is -0.125. The number of benzene rings is 3. The maximum Gasteiger partial charge on any atom is 0.266 e. The highest BCUT2D eigenvalue weighted by atomic mass is 32.2. The lowest BCUT2D eigenvalue weighted by atomic mass is 10.0. The van der Waals surface area contributed by atoms with Gasteiger partial charge >= 0.3 is 0 Å². The van der Waals surface area contributed by atoms with E-state index in [0.29, 0.717) is 9.23 Å². The van der Waals surface area contributed by atoms with E-state index in [1.807, 2.05) is 32.9 Å². The van der Waals surface area contributed by atoms with E-state index in [4.69, 9.17) is 12.2 Å². The normalized spacial score (nSPS) is 16.1. The SMILES string of the molecule is CC(C)(C)N1C(=O)/C(=C\c2cn(Cc3cccc4ccccc34)c3ccccc23)SC1=S. The van der Waals surface area contributed by atoms with E-state index in [9.17, 15) is 4.79 Å². The average molecular weight is 457 g/mol. The second-order valence-corrected chi connectivity index (χ2v) is 10.7. The van der Waals surface area contributed by atoms with Crippen molar-refractivity contribution in [3.8, 4) is 0 Å². The van der Waals surface area contributed by atoms with E-state index in [0.717, 1.165) is 23.0 Å². The zero-order valence-corrected chi connectivity index (χ0v) is 20.0. The molecule has 0 spiro atoms. The molecule has 1 aliphatic rings. The summed E-state index contributed by atoms with van der Waals surface area (Å²) < 4.78 is 2.89. The first-order valence-corrected chi connectivity index (χ1v) is 11.9. The molecule has 160 valence electrons. The van der Waals surface area contributed by atoms with Crippen LogP contribution in [0.4, 0.5) is 0 Å². The van der Waals surface area contributed by atoms with E-state index >= 15 is 0 Å². The molecule has 0 saturated carbocycles. The fraction of sp³-hybridized carbons (Fsp3) is 0.185. The number of para-hydroxylation sites is 1. The summed E-state index contributed by atoms with van der Waals surface area (Å²) in [5.41, 5.74) is 3.13. The van der Waals surface area contributed by atoms with Crippen molar-refractivity contribution in [2.24, 2.45) is 0 Å². The number of hydrogen-bond acceptors (Lipinski definition) is 3. The van der Waals surface area contributed by atoms with E-state index in [1.54, 1.807) is 4.90 Å². The molecule has 1 saturated heterocycles. The van der Waals surface area contributed by atoms with Gasteiger partial charge in [-0.3, -0.25) is 9.69 Å². The van der Waals surface area contributed by atoms with Crippen molar-refractivity contribution in [2.45, 2.75) is 32.9 Å². The second-order valence-electron chi connectivity index (χ2n) is 9.06. The van der Waals surface area contributed by atoms with Crippen LogP contribution in [0.1, 0.15) is 31.9 Å². The summed E-state index contributed by atoms with van der Waals surface area (Å²) in [4.78, 5) is 15.5. The summed E-state index contributed by atoms with van der Waals surface area (Å²) in [7, 11) is 0. The van der Waals surface area contributed by atoms with Gasteiger partial charge in [0.05, 0.1) is 4.91 Å². The van der Waals surface area contributed by atoms with Gasteiger partial charge in [0.15, 0.2) is 0 Å². The summed E-state index contributed by atoms with van der Waals surface area (Å²) in [6, 6.07) is 23.3. The maximum atomic E-state index is 13.1. The molecule has 4 aromatic rings. The molecule has 1 aromatic heterocycles. The summed E-state index contributed by atoms with van der Waals surface area (Å²) in [6.07, 6.45) is 4.14. The molecule has 1 amide bonds. The van der Waals surface area contributed by atoms with Crippen molar-refractivity contribution in [3.05, 3.63) is 89.0 Å². The molecular formula is C27H24N2OS2. The maximum absolute atomic E-state index is 13.1.